The zero-order valence-electron chi connectivity index (χ0n) is 47.3. The number of fused-ring (bicyclic) bond motifs is 3. The molecule has 12 aromatic rings. The van der Waals surface area contributed by atoms with Crippen molar-refractivity contribution in [2.45, 2.75) is 20.8 Å². The number of ether oxygens (including phenoxy) is 3. The van der Waals surface area contributed by atoms with Crippen LogP contribution in [-0.2, 0) is 14.4 Å². The second-order valence-electron chi connectivity index (χ2n) is 19.6. The highest BCUT2D eigenvalue weighted by atomic mass is 32.1. The third kappa shape index (κ3) is 14.4. The number of carbonyl (C=O) groups is 6. The van der Waals surface area contributed by atoms with Crippen molar-refractivity contribution in [1.29, 1.82) is 0 Å². The molecule has 12 rings (SSSR count). The Morgan fingerprint density at radius 1 is 0.478 bits per heavy atom. The molecule has 0 spiro atoms. The fraction of sp³-hybridized carbons (Fsp3) is 0.0448. The van der Waals surface area contributed by atoms with Crippen molar-refractivity contribution in [3.8, 4) is 51.7 Å². The third-order valence-electron chi connectivity index (χ3n) is 13.2. The first-order chi connectivity index (χ1) is 43.2. The van der Waals surface area contributed by atoms with Crippen LogP contribution < -0.4 is 14.2 Å². The molecule has 6 heterocycles. The van der Waals surface area contributed by atoms with Crippen molar-refractivity contribution in [2.24, 2.45) is 0 Å². The lowest BCUT2D eigenvalue weighted by molar-refractivity contribution is -0.132. The zero-order chi connectivity index (χ0) is 63.8. The van der Waals surface area contributed by atoms with E-state index in [1.54, 1.807) is 147 Å². The molecule has 0 radical (unpaired) electrons. The number of carboxylic acid groups (broad SMARTS) is 3. The number of phenolic OH excluding ortho intramolecular Hbond substituents is 3. The summed E-state index contributed by atoms with van der Waals surface area (Å²) < 4.78 is 25.6. The van der Waals surface area contributed by atoms with Crippen LogP contribution in [0.15, 0.2) is 175 Å². The minimum Gasteiger partial charge on any atom is -0.508 e. The molecule has 0 aliphatic carbocycles. The SMILES string of the molecule is Cc1cc(C(=O)c2sc3cc(O)ccc3c2Oc2ccc(/C=C/C(=O)O)cc2)n[nH]1.Cc1cn[nH]c1C(=O)c1sc2cc(O)ccc2c1Oc1ccc(/C=C/C(=O)O)cc1.Cc1occc1C(=O)c1sc2cc(O)ccc2c1Oc1ccc(/C=C/C(=O)O)cc1. The van der Waals surface area contributed by atoms with Gasteiger partial charge in [0.15, 0.2) is 17.2 Å². The molecule has 0 bridgehead atoms. The summed E-state index contributed by atoms with van der Waals surface area (Å²) in [5.74, 6) is -0.379. The molecule has 8 N–H and O–H groups in total. The van der Waals surface area contributed by atoms with Crippen LogP contribution in [0.25, 0.3) is 48.5 Å². The molecule has 6 aromatic carbocycles. The van der Waals surface area contributed by atoms with E-state index in [9.17, 15) is 44.1 Å². The van der Waals surface area contributed by atoms with E-state index in [1.165, 1.54) is 70.6 Å². The van der Waals surface area contributed by atoms with E-state index in [4.69, 9.17) is 33.9 Å². The quantitative estimate of drug-likeness (QED) is 0.0292. The average molecular weight is 1260 g/mol. The van der Waals surface area contributed by atoms with Gasteiger partial charge >= 0.3 is 17.9 Å². The lowest BCUT2D eigenvalue weighted by Crippen LogP contribution is -2.03. The van der Waals surface area contributed by atoms with Crippen molar-refractivity contribution >= 4 is 118 Å². The lowest BCUT2D eigenvalue weighted by atomic mass is 10.1. The summed E-state index contributed by atoms with van der Waals surface area (Å²) in [5, 5.41) is 71.2. The number of nitrogens with one attached hydrogen (secondary N) is 2. The number of aliphatic carboxylic acids is 3. The molecule has 0 aliphatic heterocycles. The van der Waals surface area contributed by atoms with Crippen LogP contribution in [0.2, 0.25) is 0 Å². The van der Waals surface area contributed by atoms with Crippen LogP contribution in [0.3, 0.4) is 0 Å². The zero-order valence-corrected chi connectivity index (χ0v) is 49.7. The average Bonchev–Trinajstić information content (AvgIpc) is 1.72. The Labute approximate surface area is 521 Å². The van der Waals surface area contributed by atoms with Crippen molar-refractivity contribution in [1.82, 2.24) is 20.4 Å². The summed E-state index contributed by atoms with van der Waals surface area (Å²) in [7, 11) is 0. The second-order valence-corrected chi connectivity index (χ2v) is 22.7. The van der Waals surface area contributed by atoms with E-state index in [2.05, 4.69) is 20.4 Å². The van der Waals surface area contributed by atoms with Crippen molar-refractivity contribution in [3.05, 3.63) is 236 Å². The molecule has 450 valence electrons. The highest BCUT2D eigenvalue weighted by molar-refractivity contribution is 7.22. The molecule has 6 aromatic heterocycles. The number of thiophene rings is 3. The van der Waals surface area contributed by atoms with E-state index in [-0.39, 0.29) is 40.3 Å². The van der Waals surface area contributed by atoms with Gasteiger partial charge in [0.1, 0.15) is 66.3 Å². The molecular formula is C67H48N4O16S3. The largest absolute Gasteiger partial charge is 0.508 e. The van der Waals surface area contributed by atoms with Crippen molar-refractivity contribution in [2.75, 3.05) is 0 Å². The van der Waals surface area contributed by atoms with Gasteiger partial charge in [0.2, 0.25) is 17.3 Å². The maximum absolute atomic E-state index is 13.1. The number of ketones is 3. The number of rotatable bonds is 18. The molecule has 0 saturated carbocycles. The number of carbonyl (C=O) groups excluding carboxylic acids is 3. The summed E-state index contributed by atoms with van der Waals surface area (Å²) in [6, 6.07) is 38.2. The molecule has 0 aliphatic rings. The maximum atomic E-state index is 13.1. The molecule has 20 nitrogen and oxygen atoms in total. The van der Waals surface area contributed by atoms with Gasteiger partial charge in [-0.05, 0) is 164 Å². The number of hydrogen-bond donors (Lipinski definition) is 8. The lowest BCUT2D eigenvalue weighted by Gasteiger charge is -2.08. The minimum absolute atomic E-state index is 0.0967. The molecular weight excluding hydrogens is 1210 g/mol. The predicted octanol–water partition coefficient (Wildman–Crippen LogP) is 15.1. The summed E-state index contributed by atoms with van der Waals surface area (Å²) in [6.45, 7) is 5.32. The standard InChI is InChI=1S/C23H16O6S.2C22H16N2O5S/c1-13-17(10-11-28-13)21(27)23-22(18-8-5-15(24)12-19(18)30-23)29-16-6-2-14(3-7-16)4-9-20(25)26;1-12-11-23-24-19(12)20(28)22-21(16-8-5-14(25)10-17(16)30-22)29-15-6-2-13(3-7-15)4-9-18(26)27;1-12-10-17(24-23-12)20(28)22-21(16-8-5-14(25)11-18(16)30-22)29-15-6-2-13(3-7-15)4-9-19(26)27/h2-12,24H,1H3,(H,25,26);2*2-11,25H,1H3,(H,23,24)(H,26,27)/b3*9-4+. The molecule has 23 heteroatoms. The number of H-pyrrole nitrogens is 2. The van der Waals surface area contributed by atoms with Crippen LogP contribution in [0.5, 0.6) is 51.7 Å². The number of aromatic nitrogens is 4. The van der Waals surface area contributed by atoms with Crippen LogP contribution in [-0.4, -0.2) is 86.3 Å². The maximum Gasteiger partial charge on any atom is 0.328 e. The molecule has 0 unspecified atom stereocenters. The number of carboxylic acids is 3. The molecule has 0 amide bonds. The van der Waals surface area contributed by atoms with Crippen molar-refractivity contribution < 1.29 is 78.0 Å². The molecule has 0 atom stereocenters. The summed E-state index contributed by atoms with van der Waals surface area (Å²) in [6.07, 6.45) is 10.6. The molecule has 0 fully saturated rings. The van der Waals surface area contributed by atoms with Gasteiger partial charge in [-0.2, -0.15) is 10.2 Å². The first-order valence-electron chi connectivity index (χ1n) is 26.8. The van der Waals surface area contributed by atoms with Crippen molar-refractivity contribution in [3.63, 3.8) is 0 Å². The van der Waals surface area contributed by atoms with Gasteiger partial charge in [0.05, 0.1) is 18.0 Å². The van der Waals surface area contributed by atoms with Gasteiger partial charge in [-0.3, -0.25) is 24.6 Å². The summed E-state index contributed by atoms with van der Waals surface area (Å²) in [4.78, 5) is 72.4. The third-order valence-corrected chi connectivity index (χ3v) is 16.6. The van der Waals surface area contributed by atoms with E-state index in [1.807, 2.05) is 6.92 Å². The van der Waals surface area contributed by atoms with Crippen LogP contribution in [0, 0.1) is 20.8 Å². The Morgan fingerprint density at radius 2 is 0.867 bits per heavy atom. The van der Waals surface area contributed by atoms with Gasteiger partial charge in [0, 0.05) is 54.2 Å². The fourth-order valence-electron chi connectivity index (χ4n) is 8.82. The van der Waals surface area contributed by atoms with Crippen LogP contribution in [0.4, 0.5) is 0 Å². The van der Waals surface area contributed by atoms with Gasteiger partial charge in [-0.1, -0.05) is 36.4 Å². The number of aromatic amines is 2. The fourth-order valence-corrected chi connectivity index (χ4v) is 12.2. The first-order valence-corrected chi connectivity index (χ1v) is 29.2. The number of furan rings is 1. The number of nitrogens with zero attached hydrogens (tertiary/aromatic N) is 2. The van der Waals surface area contributed by atoms with Gasteiger partial charge < -0.3 is 49.3 Å². The highest BCUT2D eigenvalue weighted by Crippen LogP contribution is 2.46. The number of hydrogen-bond acceptors (Lipinski definition) is 18. The van der Waals surface area contributed by atoms with Crippen LogP contribution >= 0.6 is 34.0 Å². The Balaban J connectivity index is 0.000000148. The second kappa shape index (κ2) is 26.9. The number of benzene rings is 6. The van der Waals surface area contributed by atoms with Gasteiger partial charge in [0.25, 0.3) is 0 Å². The van der Waals surface area contributed by atoms with E-state index in [0.29, 0.717) is 108 Å². The molecule has 0 saturated heterocycles. The van der Waals surface area contributed by atoms with Gasteiger partial charge in [-0.15, -0.1) is 34.0 Å². The minimum atomic E-state index is -1.03. The molecule has 90 heavy (non-hydrogen) atoms. The van der Waals surface area contributed by atoms with E-state index in [0.717, 1.165) is 34.2 Å². The highest BCUT2D eigenvalue weighted by Gasteiger charge is 2.27. The Morgan fingerprint density at radius 3 is 1.20 bits per heavy atom. The van der Waals surface area contributed by atoms with Gasteiger partial charge in [-0.25, -0.2) is 14.4 Å². The van der Waals surface area contributed by atoms with Crippen LogP contribution in [0.1, 0.15) is 79.7 Å². The number of phenols is 3. The number of aryl methyl sites for hydroxylation is 3. The van der Waals surface area contributed by atoms with E-state index >= 15 is 0 Å². The Hall–Kier alpha value is -11.7. The Kier molecular flexibility index (Phi) is 18.4. The normalized spacial score (nSPS) is 11.2. The smallest absolute Gasteiger partial charge is 0.328 e. The summed E-state index contributed by atoms with van der Waals surface area (Å²) in [5.41, 5.74) is 4.71. The summed E-state index contributed by atoms with van der Waals surface area (Å²) >= 11 is 3.68. The predicted molar refractivity (Wildman–Crippen MR) is 340 cm³/mol. The first kappa shape index (κ1) is 61.4. The number of aromatic hydroxyl groups is 3. The van der Waals surface area contributed by atoms with E-state index < -0.39 is 17.9 Å². The Bertz CT molecular complexity index is 4610. The monoisotopic (exact) mass is 1260 g/mol. The topological polar surface area (TPSA) is 322 Å².